The molecule has 0 aliphatic rings. The second-order valence-electron chi connectivity index (χ2n) is 4.24. The van der Waals surface area contributed by atoms with E-state index in [0.29, 0.717) is 15.7 Å². The van der Waals surface area contributed by atoms with Crippen LogP contribution in [-0.4, -0.2) is 5.91 Å². The largest absolute Gasteiger partial charge is 0.326 e. The van der Waals surface area contributed by atoms with Gasteiger partial charge in [0.05, 0.1) is 5.92 Å². The molecule has 1 atom stereocenters. The number of hydrogen-bond acceptors (Lipinski definition) is 1. The summed E-state index contributed by atoms with van der Waals surface area (Å²) < 4.78 is 0. The highest BCUT2D eigenvalue weighted by Crippen LogP contribution is 2.25. The quantitative estimate of drug-likeness (QED) is 0.870. The van der Waals surface area contributed by atoms with Gasteiger partial charge in [0.15, 0.2) is 0 Å². The Morgan fingerprint density at radius 2 is 1.68 bits per heavy atom. The summed E-state index contributed by atoms with van der Waals surface area (Å²) >= 11 is 11.9. The number of hydrogen-bond donors (Lipinski definition) is 1. The number of halogens is 2. The lowest BCUT2D eigenvalue weighted by Crippen LogP contribution is -2.19. The van der Waals surface area contributed by atoms with E-state index in [-0.39, 0.29) is 11.8 Å². The van der Waals surface area contributed by atoms with E-state index in [1.807, 2.05) is 25.1 Å². The van der Waals surface area contributed by atoms with Crippen LogP contribution in [0.15, 0.2) is 48.5 Å². The zero-order valence-electron chi connectivity index (χ0n) is 10.4. The highest BCUT2D eigenvalue weighted by atomic mass is 35.5. The smallest absolute Gasteiger partial charge is 0.231 e. The lowest BCUT2D eigenvalue weighted by molar-refractivity contribution is -0.117. The predicted octanol–water partition coefficient (Wildman–Crippen LogP) is 4.74. The van der Waals surface area contributed by atoms with Crippen molar-refractivity contribution < 1.29 is 4.79 Å². The van der Waals surface area contributed by atoms with Gasteiger partial charge in [-0.2, -0.15) is 0 Å². The first-order valence-electron chi connectivity index (χ1n) is 5.89. The Bertz CT molecular complexity index is 581. The Balaban J connectivity index is 2.12. The summed E-state index contributed by atoms with van der Waals surface area (Å²) in [6, 6.07) is 14.3. The molecule has 98 valence electrons. The van der Waals surface area contributed by atoms with Crippen molar-refractivity contribution in [3.63, 3.8) is 0 Å². The van der Waals surface area contributed by atoms with Crippen molar-refractivity contribution >= 4 is 34.8 Å². The first-order valence-corrected chi connectivity index (χ1v) is 6.64. The third-order valence-electron chi connectivity index (χ3n) is 2.88. The minimum atomic E-state index is -0.315. The summed E-state index contributed by atoms with van der Waals surface area (Å²) in [4.78, 5) is 12.1. The molecule has 0 aliphatic heterocycles. The van der Waals surface area contributed by atoms with Gasteiger partial charge in [-0.1, -0.05) is 41.4 Å². The van der Waals surface area contributed by atoms with Gasteiger partial charge in [-0.3, -0.25) is 4.79 Å². The van der Waals surface area contributed by atoms with Gasteiger partial charge in [-0.05, 0) is 42.8 Å². The molecule has 0 saturated carbocycles. The maximum absolute atomic E-state index is 12.1. The molecule has 2 aromatic carbocycles. The van der Waals surface area contributed by atoms with Crippen LogP contribution in [-0.2, 0) is 4.79 Å². The van der Waals surface area contributed by atoms with E-state index in [0.717, 1.165) is 5.56 Å². The third kappa shape index (κ3) is 3.49. The maximum atomic E-state index is 12.1. The number of carbonyl (C=O) groups excluding carboxylic acids is 1. The lowest BCUT2D eigenvalue weighted by atomic mass is 10.0. The van der Waals surface area contributed by atoms with Gasteiger partial charge in [0.25, 0.3) is 0 Å². The summed E-state index contributed by atoms with van der Waals surface area (Å²) in [5, 5.41) is 4.07. The fourth-order valence-corrected chi connectivity index (χ4v) is 2.18. The summed E-state index contributed by atoms with van der Waals surface area (Å²) in [5.41, 5.74) is 1.53. The molecular weight excluding hydrogens is 281 g/mol. The van der Waals surface area contributed by atoms with Gasteiger partial charge in [0.2, 0.25) is 5.91 Å². The summed E-state index contributed by atoms with van der Waals surface area (Å²) in [6.45, 7) is 1.83. The molecule has 1 N–H and O–H groups in total. The zero-order chi connectivity index (χ0) is 13.8. The van der Waals surface area contributed by atoms with Crippen LogP contribution in [0.3, 0.4) is 0 Å². The molecular formula is C15H13Cl2NO. The SMILES string of the molecule is CC(C(=O)Nc1ccc(Cl)cc1)c1ccccc1Cl. The first-order chi connectivity index (χ1) is 9.08. The van der Waals surface area contributed by atoms with E-state index in [1.165, 1.54) is 0 Å². The van der Waals surface area contributed by atoms with Crippen molar-refractivity contribution in [1.29, 1.82) is 0 Å². The van der Waals surface area contributed by atoms with E-state index in [1.54, 1.807) is 30.3 Å². The van der Waals surface area contributed by atoms with Gasteiger partial charge in [-0.25, -0.2) is 0 Å². The Kier molecular flexibility index (Phi) is 4.46. The molecule has 1 unspecified atom stereocenters. The number of anilines is 1. The normalized spacial score (nSPS) is 11.9. The highest BCUT2D eigenvalue weighted by molar-refractivity contribution is 6.31. The molecule has 19 heavy (non-hydrogen) atoms. The van der Waals surface area contributed by atoms with Gasteiger partial charge < -0.3 is 5.32 Å². The first kappa shape index (κ1) is 13.9. The van der Waals surface area contributed by atoms with Crippen LogP contribution in [0, 0.1) is 0 Å². The van der Waals surface area contributed by atoms with E-state index in [2.05, 4.69) is 5.32 Å². The number of benzene rings is 2. The molecule has 0 bridgehead atoms. The van der Waals surface area contributed by atoms with Crippen LogP contribution in [0.1, 0.15) is 18.4 Å². The second-order valence-corrected chi connectivity index (χ2v) is 5.08. The van der Waals surface area contributed by atoms with Crippen LogP contribution in [0.25, 0.3) is 0 Å². The molecule has 0 aliphatic carbocycles. The Morgan fingerprint density at radius 3 is 2.32 bits per heavy atom. The number of nitrogens with one attached hydrogen (secondary N) is 1. The van der Waals surface area contributed by atoms with E-state index in [9.17, 15) is 4.79 Å². The highest BCUT2D eigenvalue weighted by Gasteiger charge is 2.17. The van der Waals surface area contributed by atoms with Crippen molar-refractivity contribution in [2.24, 2.45) is 0 Å². The van der Waals surface area contributed by atoms with Gasteiger partial charge in [0, 0.05) is 15.7 Å². The third-order valence-corrected chi connectivity index (χ3v) is 3.47. The van der Waals surface area contributed by atoms with E-state index < -0.39 is 0 Å². The fourth-order valence-electron chi connectivity index (χ4n) is 1.75. The Hall–Kier alpha value is -1.51. The molecule has 0 fully saturated rings. The van der Waals surface area contributed by atoms with Gasteiger partial charge in [0.1, 0.15) is 0 Å². The minimum absolute atomic E-state index is 0.101. The molecule has 2 nitrogen and oxygen atoms in total. The Labute approximate surface area is 122 Å². The molecule has 0 saturated heterocycles. The van der Waals surface area contributed by atoms with Crippen molar-refractivity contribution in [3.05, 3.63) is 64.1 Å². The standard InChI is InChI=1S/C15H13Cl2NO/c1-10(13-4-2-3-5-14(13)17)15(19)18-12-8-6-11(16)7-9-12/h2-10H,1H3,(H,18,19). The molecule has 1 amide bonds. The molecule has 0 aromatic heterocycles. The van der Waals surface area contributed by atoms with Crippen molar-refractivity contribution in [2.75, 3.05) is 5.32 Å². The monoisotopic (exact) mass is 293 g/mol. The molecule has 0 spiro atoms. The predicted molar refractivity (Wildman–Crippen MR) is 79.9 cm³/mol. The molecule has 2 aromatic rings. The number of amides is 1. The van der Waals surface area contributed by atoms with Crippen molar-refractivity contribution in [1.82, 2.24) is 0 Å². The maximum Gasteiger partial charge on any atom is 0.231 e. The van der Waals surface area contributed by atoms with Crippen LogP contribution in [0.2, 0.25) is 10.0 Å². The summed E-state index contributed by atoms with van der Waals surface area (Å²) in [6.07, 6.45) is 0. The molecule has 4 heteroatoms. The molecule has 2 rings (SSSR count). The lowest BCUT2D eigenvalue weighted by Gasteiger charge is -2.14. The van der Waals surface area contributed by atoms with E-state index in [4.69, 9.17) is 23.2 Å². The summed E-state index contributed by atoms with van der Waals surface area (Å²) in [7, 11) is 0. The van der Waals surface area contributed by atoms with Crippen LogP contribution < -0.4 is 5.32 Å². The average Bonchev–Trinajstić information content (AvgIpc) is 2.41. The van der Waals surface area contributed by atoms with Crippen LogP contribution >= 0.6 is 23.2 Å². The zero-order valence-corrected chi connectivity index (χ0v) is 11.9. The second kappa shape index (κ2) is 6.09. The van der Waals surface area contributed by atoms with Gasteiger partial charge >= 0.3 is 0 Å². The van der Waals surface area contributed by atoms with Crippen molar-refractivity contribution in [3.8, 4) is 0 Å². The van der Waals surface area contributed by atoms with Crippen molar-refractivity contribution in [2.45, 2.75) is 12.8 Å². The fraction of sp³-hybridized carbons (Fsp3) is 0.133. The van der Waals surface area contributed by atoms with Gasteiger partial charge in [-0.15, -0.1) is 0 Å². The van der Waals surface area contributed by atoms with E-state index >= 15 is 0 Å². The average molecular weight is 294 g/mol. The van der Waals surface area contributed by atoms with Crippen LogP contribution in [0.5, 0.6) is 0 Å². The molecule has 0 heterocycles. The minimum Gasteiger partial charge on any atom is -0.326 e. The molecule has 0 radical (unpaired) electrons. The van der Waals surface area contributed by atoms with Crippen LogP contribution in [0.4, 0.5) is 5.69 Å². The topological polar surface area (TPSA) is 29.1 Å². The summed E-state index contributed by atoms with van der Waals surface area (Å²) in [5.74, 6) is -0.417. The number of carbonyl (C=O) groups is 1. The Morgan fingerprint density at radius 1 is 1.05 bits per heavy atom. The number of rotatable bonds is 3.